The Hall–Kier alpha value is -1.90. The van der Waals surface area contributed by atoms with Crippen molar-refractivity contribution in [2.75, 3.05) is 19.7 Å². The van der Waals surface area contributed by atoms with Crippen LogP contribution >= 0.6 is 0 Å². The largest absolute Gasteiger partial charge is 0.366 e. The highest BCUT2D eigenvalue weighted by atomic mass is 16.5. The number of benzene rings is 2. The van der Waals surface area contributed by atoms with E-state index in [-0.39, 0.29) is 0 Å². The quantitative estimate of drug-likeness (QED) is 0.446. The maximum Gasteiger partial charge on any atom is 0.119 e. The molecule has 0 saturated heterocycles. The van der Waals surface area contributed by atoms with Crippen molar-refractivity contribution in [3.05, 3.63) is 83.4 Å². The normalized spacial score (nSPS) is 14.9. The van der Waals surface area contributed by atoms with Crippen LogP contribution in [0.3, 0.4) is 0 Å². The second-order valence-electron chi connectivity index (χ2n) is 7.37. The van der Waals surface area contributed by atoms with Gasteiger partial charge in [-0.15, -0.1) is 0 Å². The lowest BCUT2D eigenvalue weighted by Crippen LogP contribution is -2.35. The van der Waals surface area contributed by atoms with E-state index in [1.165, 1.54) is 43.2 Å². The van der Waals surface area contributed by atoms with Crippen LogP contribution in [0.2, 0.25) is 0 Å². The Morgan fingerprint density at radius 2 is 1.48 bits per heavy atom. The summed E-state index contributed by atoms with van der Waals surface area (Å²) in [4.78, 5) is 0. The van der Waals surface area contributed by atoms with Gasteiger partial charge in [-0.3, -0.25) is 0 Å². The highest BCUT2D eigenvalue weighted by Gasteiger charge is 2.34. The van der Waals surface area contributed by atoms with E-state index in [1.807, 2.05) is 0 Å². The van der Waals surface area contributed by atoms with Crippen LogP contribution in [0, 0.1) is 0 Å². The minimum absolute atomic E-state index is 0.401. The van der Waals surface area contributed by atoms with E-state index in [4.69, 9.17) is 4.74 Å². The van der Waals surface area contributed by atoms with Gasteiger partial charge in [0.15, 0.2) is 0 Å². The summed E-state index contributed by atoms with van der Waals surface area (Å²) in [5, 5.41) is 3.63. The number of allylic oxidation sites excluding steroid dienone is 1. The number of rotatable bonds is 9. The van der Waals surface area contributed by atoms with Crippen LogP contribution in [0.1, 0.15) is 56.6 Å². The molecule has 0 unspecified atom stereocenters. The fourth-order valence-electron chi connectivity index (χ4n) is 4.15. The maximum absolute atomic E-state index is 6.44. The molecule has 2 aromatic rings. The average Bonchev–Trinajstić information content (AvgIpc) is 2.75. The third-order valence-electron chi connectivity index (χ3n) is 5.56. The fourth-order valence-corrected chi connectivity index (χ4v) is 4.15. The first-order valence-corrected chi connectivity index (χ1v) is 10.5. The molecule has 144 valence electrons. The fraction of sp³-hybridized carbons (Fsp3) is 0.440. The third kappa shape index (κ3) is 5.31. The molecule has 0 bridgehead atoms. The molecule has 3 rings (SSSR count). The van der Waals surface area contributed by atoms with Crippen molar-refractivity contribution in [3.63, 3.8) is 0 Å². The van der Waals surface area contributed by atoms with E-state index in [9.17, 15) is 0 Å². The minimum atomic E-state index is -0.401. The van der Waals surface area contributed by atoms with E-state index in [0.717, 1.165) is 19.5 Å². The first kappa shape index (κ1) is 19.9. The van der Waals surface area contributed by atoms with Gasteiger partial charge in [0.05, 0.1) is 0 Å². The highest BCUT2D eigenvalue weighted by Crippen LogP contribution is 2.36. The molecule has 0 aromatic heterocycles. The van der Waals surface area contributed by atoms with Crippen molar-refractivity contribution >= 4 is 0 Å². The number of hydrogen-bond donors (Lipinski definition) is 1. The van der Waals surface area contributed by atoms with Gasteiger partial charge in [-0.2, -0.15) is 0 Å². The van der Waals surface area contributed by atoms with Gasteiger partial charge in [0.1, 0.15) is 5.60 Å². The Labute approximate surface area is 164 Å². The Morgan fingerprint density at radius 1 is 0.889 bits per heavy atom. The van der Waals surface area contributed by atoms with E-state index in [0.29, 0.717) is 6.61 Å². The molecule has 27 heavy (non-hydrogen) atoms. The first-order valence-electron chi connectivity index (χ1n) is 10.5. The van der Waals surface area contributed by atoms with Crippen LogP contribution < -0.4 is 5.32 Å². The van der Waals surface area contributed by atoms with E-state index in [2.05, 4.69) is 79.0 Å². The van der Waals surface area contributed by atoms with Crippen molar-refractivity contribution in [1.82, 2.24) is 5.32 Å². The third-order valence-corrected chi connectivity index (χ3v) is 5.56. The summed E-state index contributed by atoms with van der Waals surface area (Å²) in [6, 6.07) is 21.3. The molecular formula is C25H33NO. The van der Waals surface area contributed by atoms with Crippen molar-refractivity contribution < 1.29 is 4.74 Å². The number of ether oxygens (including phenoxy) is 1. The van der Waals surface area contributed by atoms with Crippen LogP contribution in [0.25, 0.3) is 0 Å². The highest BCUT2D eigenvalue weighted by molar-refractivity contribution is 5.36. The predicted molar refractivity (Wildman–Crippen MR) is 114 cm³/mol. The van der Waals surface area contributed by atoms with Gasteiger partial charge in [0.2, 0.25) is 0 Å². The van der Waals surface area contributed by atoms with Gasteiger partial charge >= 0.3 is 0 Å². The molecular weight excluding hydrogens is 330 g/mol. The number of nitrogens with one attached hydrogen (secondary N) is 1. The molecule has 1 aliphatic carbocycles. The second kappa shape index (κ2) is 10.4. The standard InChI is InChI=1S/C25H33NO/c1-2-27-25(23-14-8-4-9-15-23,24-16-10-5-11-17-24)19-21-26-20-18-22-12-6-3-7-13-22/h4-5,8-11,14-18,26H,2-3,6-7,12-13,19-21H2,1H3. The number of hydrogen-bond acceptors (Lipinski definition) is 2. The first-order chi connectivity index (χ1) is 13.3. The van der Waals surface area contributed by atoms with Gasteiger partial charge < -0.3 is 10.1 Å². The molecule has 1 saturated carbocycles. The Morgan fingerprint density at radius 3 is 2.04 bits per heavy atom. The molecule has 1 fully saturated rings. The van der Waals surface area contributed by atoms with Crippen molar-refractivity contribution in [2.45, 2.75) is 51.0 Å². The smallest absolute Gasteiger partial charge is 0.119 e. The summed E-state index contributed by atoms with van der Waals surface area (Å²) < 4.78 is 6.44. The van der Waals surface area contributed by atoms with Crippen LogP contribution in [0.15, 0.2) is 72.3 Å². The summed E-state index contributed by atoms with van der Waals surface area (Å²) in [7, 11) is 0. The SMILES string of the molecule is CCOC(CCNCC=C1CCCCC1)(c1ccccc1)c1ccccc1. The van der Waals surface area contributed by atoms with Crippen LogP contribution in [0.4, 0.5) is 0 Å². The van der Waals surface area contributed by atoms with Crippen LogP contribution in [-0.2, 0) is 10.3 Å². The van der Waals surface area contributed by atoms with Crippen molar-refractivity contribution in [1.29, 1.82) is 0 Å². The zero-order valence-corrected chi connectivity index (χ0v) is 16.6. The van der Waals surface area contributed by atoms with E-state index >= 15 is 0 Å². The lowest BCUT2D eigenvalue weighted by Gasteiger charge is -2.35. The summed E-state index contributed by atoms with van der Waals surface area (Å²) in [5.74, 6) is 0. The summed E-state index contributed by atoms with van der Waals surface area (Å²) in [5.41, 5.74) is 3.69. The van der Waals surface area contributed by atoms with Crippen molar-refractivity contribution in [3.8, 4) is 0 Å². The average molecular weight is 364 g/mol. The maximum atomic E-state index is 6.44. The lowest BCUT2D eigenvalue weighted by molar-refractivity contribution is -0.0171. The molecule has 0 atom stereocenters. The monoisotopic (exact) mass is 363 g/mol. The van der Waals surface area contributed by atoms with Gasteiger partial charge in [0.25, 0.3) is 0 Å². The second-order valence-corrected chi connectivity index (χ2v) is 7.37. The van der Waals surface area contributed by atoms with Gasteiger partial charge in [-0.1, -0.05) is 78.7 Å². The topological polar surface area (TPSA) is 21.3 Å². The zero-order valence-electron chi connectivity index (χ0n) is 16.6. The van der Waals surface area contributed by atoms with Crippen LogP contribution in [0.5, 0.6) is 0 Å². The molecule has 0 heterocycles. The molecule has 2 nitrogen and oxygen atoms in total. The molecule has 2 heteroatoms. The van der Waals surface area contributed by atoms with Crippen molar-refractivity contribution in [2.24, 2.45) is 0 Å². The van der Waals surface area contributed by atoms with Gasteiger partial charge in [-0.25, -0.2) is 0 Å². The molecule has 0 spiro atoms. The summed E-state index contributed by atoms with van der Waals surface area (Å²) >= 11 is 0. The van der Waals surface area contributed by atoms with E-state index in [1.54, 1.807) is 5.57 Å². The molecule has 0 aliphatic heterocycles. The predicted octanol–water partition coefficient (Wildman–Crippen LogP) is 5.84. The molecule has 2 aromatic carbocycles. The Kier molecular flexibility index (Phi) is 7.67. The van der Waals surface area contributed by atoms with Gasteiger partial charge in [0, 0.05) is 13.2 Å². The molecule has 1 aliphatic rings. The Bertz CT molecular complexity index is 645. The van der Waals surface area contributed by atoms with E-state index < -0.39 is 5.60 Å². The minimum Gasteiger partial charge on any atom is -0.366 e. The Balaban J connectivity index is 1.71. The molecule has 1 N–H and O–H groups in total. The summed E-state index contributed by atoms with van der Waals surface area (Å²) in [6.07, 6.45) is 10.0. The summed E-state index contributed by atoms with van der Waals surface area (Å²) in [6.45, 7) is 4.66. The van der Waals surface area contributed by atoms with Crippen LogP contribution in [-0.4, -0.2) is 19.7 Å². The molecule has 0 radical (unpaired) electrons. The zero-order chi connectivity index (χ0) is 18.8. The lowest BCUT2D eigenvalue weighted by atomic mass is 9.83. The molecule has 0 amide bonds. The van der Waals surface area contributed by atoms with Gasteiger partial charge in [-0.05, 0) is 56.7 Å².